The van der Waals surface area contributed by atoms with Crippen LogP contribution in [0.2, 0.25) is 0 Å². The van der Waals surface area contributed by atoms with Crippen molar-refractivity contribution < 1.29 is 29.5 Å². The number of methoxy groups -OCH3 is 2. The Hall–Kier alpha value is -0.240. The average molecular weight is 208 g/mol. The molecule has 84 valence electrons. The van der Waals surface area contributed by atoms with Gasteiger partial charge in [0.2, 0.25) is 0 Å². The van der Waals surface area contributed by atoms with E-state index in [4.69, 9.17) is 19.3 Å². The molecule has 0 aromatic carbocycles. The van der Waals surface area contributed by atoms with Gasteiger partial charge in [-0.3, -0.25) is 0 Å². The zero-order valence-corrected chi connectivity index (χ0v) is 8.16. The normalized spacial score (nSPS) is 43.9. The van der Waals surface area contributed by atoms with E-state index in [1.165, 1.54) is 14.2 Å². The predicted octanol–water partition coefficient (Wildman–Crippen LogP) is -1.91. The quantitative estimate of drug-likeness (QED) is 0.501. The minimum atomic E-state index is -1.07. The largest absolute Gasteiger partial charge is 0.394 e. The number of rotatable bonds is 3. The molecular formula is C8H16O6. The Morgan fingerprint density at radius 3 is 2.21 bits per heavy atom. The van der Waals surface area contributed by atoms with Crippen LogP contribution in [-0.2, 0) is 14.2 Å². The summed E-state index contributed by atoms with van der Waals surface area (Å²) in [4.78, 5) is 0. The lowest BCUT2D eigenvalue weighted by Crippen LogP contribution is -2.59. The zero-order chi connectivity index (χ0) is 10.7. The van der Waals surface area contributed by atoms with E-state index >= 15 is 0 Å². The second kappa shape index (κ2) is 5.01. The predicted molar refractivity (Wildman–Crippen MR) is 45.6 cm³/mol. The highest BCUT2D eigenvalue weighted by Gasteiger charge is 2.44. The van der Waals surface area contributed by atoms with Crippen molar-refractivity contribution in [1.82, 2.24) is 0 Å². The fourth-order valence-corrected chi connectivity index (χ4v) is 1.53. The molecule has 1 aliphatic heterocycles. The molecule has 0 saturated carbocycles. The Kier molecular flexibility index (Phi) is 4.24. The van der Waals surface area contributed by atoms with Crippen molar-refractivity contribution in [3.05, 3.63) is 0 Å². The third-order valence-electron chi connectivity index (χ3n) is 2.33. The molecule has 1 saturated heterocycles. The molecule has 6 heteroatoms. The number of hydrogen-bond donors (Lipinski definition) is 3. The molecule has 1 rings (SSSR count). The van der Waals surface area contributed by atoms with Crippen LogP contribution in [0.4, 0.5) is 0 Å². The molecule has 0 spiro atoms. The summed E-state index contributed by atoms with van der Waals surface area (Å²) in [5.41, 5.74) is 0. The summed E-state index contributed by atoms with van der Waals surface area (Å²) in [7, 11) is 2.73. The first-order valence-electron chi connectivity index (χ1n) is 4.33. The molecule has 0 aromatic rings. The van der Waals surface area contributed by atoms with Crippen molar-refractivity contribution in [3.8, 4) is 0 Å². The highest BCUT2D eigenvalue weighted by atomic mass is 16.7. The van der Waals surface area contributed by atoms with E-state index in [9.17, 15) is 10.2 Å². The molecule has 0 amide bonds. The minimum absolute atomic E-state index is 0.354. The van der Waals surface area contributed by atoms with Crippen LogP contribution in [-0.4, -0.2) is 66.9 Å². The third-order valence-corrected chi connectivity index (χ3v) is 2.33. The SMILES string of the molecule is COC1OC(CO)C(O)C(OC)C1O. The molecule has 1 aliphatic rings. The molecule has 5 atom stereocenters. The maximum absolute atomic E-state index is 9.60. The van der Waals surface area contributed by atoms with Crippen LogP contribution in [0.25, 0.3) is 0 Å². The van der Waals surface area contributed by atoms with Gasteiger partial charge >= 0.3 is 0 Å². The summed E-state index contributed by atoms with van der Waals surface area (Å²) in [5.74, 6) is 0. The van der Waals surface area contributed by atoms with E-state index in [0.717, 1.165) is 0 Å². The highest BCUT2D eigenvalue weighted by molar-refractivity contribution is 4.89. The summed E-state index contributed by atoms with van der Waals surface area (Å²) < 4.78 is 14.8. The van der Waals surface area contributed by atoms with Gasteiger partial charge in [0, 0.05) is 14.2 Å². The molecule has 3 N–H and O–H groups in total. The number of hydrogen-bond acceptors (Lipinski definition) is 6. The van der Waals surface area contributed by atoms with Gasteiger partial charge in [0.25, 0.3) is 0 Å². The highest BCUT2D eigenvalue weighted by Crippen LogP contribution is 2.23. The Morgan fingerprint density at radius 1 is 1.14 bits per heavy atom. The molecule has 1 heterocycles. The molecule has 0 aliphatic carbocycles. The van der Waals surface area contributed by atoms with Gasteiger partial charge in [-0.05, 0) is 0 Å². The van der Waals surface area contributed by atoms with Crippen LogP contribution in [0.1, 0.15) is 0 Å². The first-order chi connectivity index (χ1) is 6.65. The van der Waals surface area contributed by atoms with Crippen molar-refractivity contribution in [1.29, 1.82) is 0 Å². The van der Waals surface area contributed by atoms with Crippen LogP contribution in [0.5, 0.6) is 0 Å². The van der Waals surface area contributed by atoms with Crippen LogP contribution >= 0.6 is 0 Å². The van der Waals surface area contributed by atoms with Crippen LogP contribution < -0.4 is 0 Å². The van der Waals surface area contributed by atoms with Gasteiger partial charge in [-0.1, -0.05) is 0 Å². The van der Waals surface area contributed by atoms with Crippen LogP contribution in [0.3, 0.4) is 0 Å². The second-order valence-electron chi connectivity index (χ2n) is 3.14. The van der Waals surface area contributed by atoms with Crippen molar-refractivity contribution >= 4 is 0 Å². The first kappa shape index (κ1) is 11.8. The Labute approximate surface area is 82.0 Å². The number of aliphatic hydroxyl groups excluding tert-OH is 3. The molecule has 6 nitrogen and oxygen atoms in total. The van der Waals surface area contributed by atoms with Gasteiger partial charge in [-0.2, -0.15) is 0 Å². The maximum Gasteiger partial charge on any atom is 0.186 e. The van der Waals surface area contributed by atoms with E-state index < -0.39 is 30.7 Å². The van der Waals surface area contributed by atoms with Crippen molar-refractivity contribution in [2.24, 2.45) is 0 Å². The Morgan fingerprint density at radius 2 is 1.79 bits per heavy atom. The lowest BCUT2D eigenvalue weighted by atomic mass is 9.99. The molecular weight excluding hydrogens is 192 g/mol. The van der Waals surface area contributed by atoms with Crippen molar-refractivity contribution in [2.45, 2.75) is 30.7 Å². The zero-order valence-electron chi connectivity index (χ0n) is 8.16. The molecule has 5 unspecified atom stereocenters. The summed E-state index contributed by atoms with van der Waals surface area (Å²) in [6.45, 7) is -0.354. The van der Waals surface area contributed by atoms with E-state index in [1.54, 1.807) is 0 Å². The van der Waals surface area contributed by atoms with E-state index in [-0.39, 0.29) is 6.61 Å². The fourth-order valence-electron chi connectivity index (χ4n) is 1.53. The monoisotopic (exact) mass is 208 g/mol. The average Bonchev–Trinajstić information content (AvgIpc) is 2.19. The van der Waals surface area contributed by atoms with Crippen LogP contribution in [0.15, 0.2) is 0 Å². The van der Waals surface area contributed by atoms with E-state index in [0.29, 0.717) is 0 Å². The summed E-state index contributed by atoms with van der Waals surface area (Å²) in [5, 5.41) is 28.1. The number of ether oxygens (including phenoxy) is 3. The Bertz CT molecular complexity index is 159. The first-order valence-corrected chi connectivity index (χ1v) is 4.33. The molecule has 0 radical (unpaired) electrons. The van der Waals surface area contributed by atoms with E-state index in [1.807, 2.05) is 0 Å². The number of aliphatic hydroxyl groups is 3. The molecule has 14 heavy (non-hydrogen) atoms. The lowest BCUT2D eigenvalue weighted by Gasteiger charge is -2.40. The maximum atomic E-state index is 9.60. The van der Waals surface area contributed by atoms with Gasteiger partial charge in [0.05, 0.1) is 6.61 Å². The van der Waals surface area contributed by atoms with Gasteiger partial charge in [0.15, 0.2) is 6.29 Å². The van der Waals surface area contributed by atoms with Gasteiger partial charge in [-0.25, -0.2) is 0 Å². The van der Waals surface area contributed by atoms with Crippen molar-refractivity contribution in [3.63, 3.8) is 0 Å². The minimum Gasteiger partial charge on any atom is -0.394 e. The lowest BCUT2D eigenvalue weighted by molar-refractivity contribution is -0.298. The molecule has 1 fully saturated rings. The third kappa shape index (κ3) is 2.05. The van der Waals surface area contributed by atoms with Gasteiger partial charge in [0.1, 0.15) is 24.4 Å². The summed E-state index contributed by atoms with van der Waals surface area (Å²) in [6.07, 6.45) is -4.63. The fraction of sp³-hybridized carbons (Fsp3) is 1.00. The Balaban J connectivity index is 2.72. The topological polar surface area (TPSA) is 88.4 Å². The molecule has 0 bridgehead atoms. The van der Waals surface area contributed by atoms with Gasteiger partial charge in [-0.15, -0.1) is 0 Å². The summed E-state index contributed by atoms with van der Waals surface area (Å²) >= 11 is 0. The standard InChI is InChI=1S/C8H16O6/c1-12-7-5(10)4(3-9)14-8(13-2)6(7)11/h4-11H,3H2,1-2H3. The summed E-state index contributed by atoms with van der Waals surface area (Å²) in [6, 6.07) is 0. The molecule has 0 aromatic heterocycles. The van der Waals surface area contributed by atoms with Crippen LogP contribution in [0, 0.1) is 0 Å². The van der Waals surface area contributed by atoms with E-state index in [2.05, 4.69) is 0 Å². The smallest absolute Gasteiger partial charge is 0.186 e. The second-order valence-corrected chi connectivity index (χ2v) is 3.14. The van der Waals surface area contributed by atoms with Crippen molar-refractivity contribution in [2.75, 3.05) is 20.8 Å². The van der Waals surface area contributed by atoms with Gasteiger partial charge < -0.3 is 29.5 Å².